The topological polar surface area (TPSA) is 16.4 Å². The van der Waals surface area contributed by atoms with E-state index >= 15 is 0 Å². The largest absolute Gasteiger partial charge is 0.455 e. The van der Waals surface area contributed by atoms with E-state index in [-0.39, 0.29) is 0 Å². The van der Waals surface area contributed by atoms with E-state index < -0.39 is 0 Å². The van der Waals surface area contributed by atoms with Crippen LogP contribution in [0.5, 0.6) is 0 Å². The van der Waals surface area contributed by atoms with Crippen LogP contribution in [0.4, 0.5) is 17.1 Å². The van der Waals surface area contributed by atoms with Crippen LogP contribution in [-0.2, 0) is 0 Å². The molecule has 254 valence electrons. The van der Waals surface area contributed by atoms with Crippen molar-refractivity contribution in [2.45, 2.75) is 0 Å². The van der Waals surface area contributed by atoms with Gasteiger partial charge in [-0.3, -0.25) is 0 Å². The quantitative estimate of drug-likeness (QED) is 0.166. The van der Waals surface area contributed by atoms with Gasteiger partial charge in [-0.2, -0.15) is 0 Å². The summed E-state index contributed by atoms with van der Waals surface area (Å²) in [7, 11) is 0. The van der Waals surface area contributed by atoms with Crippen LogP contribution in [0.2, 0.25) is 0 Å². The van der Waals surface area contributed by atoms with Crippen molar-refractivity contribution in [3.05, 3.63) is 212 Å². The highest BCUT2D eigenvalue weighted by atomic mass is 16.3. The second-order valence-corrected chi connectivity index (χ2v) is 13.7. The van der Waals surface area contributed by atoms with Gasteiger partial charge in [-0.1, -0.05) is 182 Å². The first-order valence-corrected chi connectivity index (χ1v) is 18.4. The Bertz CT molecular complexity index is 2900. The Hall–Kier alpha value is -7.16. The normalized spacial score (nSPS) is 11.3. The number of benzene rings is 9. The molecule has 0 aliphatic carbocycles. The number of hydrogen-bond donors (Lipinski definition) is 0. The SMILES string of the molecule is c1ccc(-c2ccc(N(c3ccc(-c4cccc5ccccc45)cc3)c3ccccc3-c3cccc4c3oc3c(-c5ccccc5)cccc34)cc2)cc1. The van der Waals surface area contributed by atoms with Crippen molar-refractivity contribution in [2.24, 2.45) is 0 Å². The molecule has 0 saturated heterocycles. The summed E-state index contributed by atoms with van der Waals surface area (Å²) in [4.78, 5) is 2.37. The Kier molecular flexibility index (Phi) is 7.85. The first kappa shape index (κ1) is 31.6. The minimum Gasteiger partial charge on any atom is -0.455 e. The average Bonchev–Trinajstić information content (AvgIpc) is 3.64. The van der Waals surface area contributed by atoms with Gasteiger partial charge in [0.2, 0.25) is 0 Å². The van der Waals surface area contributed by atoms with Crippen LogP contribution >= 0.6 is 0 Å². The molecular weight excluding hydrogens is 655 g/mol. The molecule has 0 amide bonds. The Morgan fingerprint density at radius 1 is 0.278 bits per heavy atom. The van der Waals surface area contributed by atoms with Gasteiger partial charge < -0.3 is 9.32 Å². The summed E-state index contributed by atoms with van der Waals surface area (Å²) in [5.41, 5.74) is 14.2. The number of furan rings is 1. The van der Waals surface area contributed by atoms with Crippen LogP contribution in [-0.4, -0.2) is 0 Å². The fourth-order valence-corrected chi connectivity index (χ4v) is 7.90. The fraction of sp³-hybridized carbons (Fsp3) is 0. The van der Waals surface area contributed by atoms with E-state index in [1.54, 1.807) is 0 Å². The smallest absolute Gasteiger partial charge is 0.143 e. The molecule has 54 heavy (non-hydrogen) atoms. The highest BCUT2D eigenvalue weighted by molar-refractivity contribution is 6.14. The Labute approximate surface area is 314 Å². The van der Waals surface area contributed by atoms with E-state index in [9.17, 15) is 0 Å². The van der Waals surface area contributed by atoms with Gasteiger partial charge in [-0.05, 0) is 68.9 Å². The lowest BCUT2D eigenvalue weighted by atomic mass is 9.97. The molecule has 0 unspecified atom stereocenters. The average molecular weight is 690 g/mol. The molecule has 0 aliphatic heterocycles. The molecule has 10 rings (SSSR count). The minimum atomic E-state index is 0.883. The predicted octanol–water partition coefficient (Wildman–Crippen LogP) is 14.9. The third-order valence-electron chi connectivity index (χ3n) is 10.5. The van der Waals surface area contributed by atoms with Crippen molar-refractivity contribution in [1.29, 1.82) is 0 Å². The van der Waals surface area contributed by atoms with Gasteiger partial charge in [0.15, 0.2) is 0 Å². The summed E-state index contributed by atoms with van der Waals surface area (Å²) in [6.45, 7) is 0. The molecule has 10 aromatic rings. The van der Waals surface area contributed by atoms with Gasteiger partial charge in [0.1, 0.15) is 11.2 Å². The molecule has 0 spiro atoms. The lowest BCUT2D eigenvalue weighted by Crippen LogP contribution is -2.11. The third kappa shape index (κ3) is 5.53. The zero-order valence-electron chi connectivity index (χ0n) is 29.6. The molecule has 0 N–H and O–H groups in total. The zero-order chi connectivity index (χ0) is 35.8. The molecule has 1 heterocycles. The monoisotopic (exact) mass is 689 g/mol. The molecule has 2 nitrogen and oxygen atoms in total. The number of nitrogens with zero attached hydrogens (tertiary/aromatic N) is 1. The summed E-state index contributed by atoms with van der Waals surface area (Å²) in [5, 5.41) is 4.71. The Morgan fingerprint density at radius 3 is 1.44 bits per heavy atom. The minimum absolute atomic E-state index is 0.883. The van der Waals surface area contributed by atoms with Gasteiger partial charge in [0.25, 0.3) is 0 Å². The molecule has 0 aliphatic rings. The first-order chi connectivity index (χ1) is 26.8. The Morgan fingerprint density at radius 2 is 0.722 bits per heavy atom. The van der Waals surface area contributed by atoms with Gasteiger partial charge in [-0.15, -0.1) is 0 Å². The van der Waals surface area contributed by atoms with Gasteiger partial charge >= 0.3 is 0 Å². The van der Waals surface area contributed by atoms with Gasteiger partial charge in [0.05, 0.1) is 5.69 Å². The number of para-hydroxylation sites is 3. The molecule has 0 fully saturated rings. The van der Waals surface area contributed by atoms with Crippen molar-refractivity contribution in [3.8, 4) is 44.5 Å². The number of fused-ring (bicyclic) bond motifs is 4. The van der Waals surface area contributed by atoms with E-state index in [1.807, 2.05) is 0 Å². The van der Waals surface area contributed by atoms with E-state index in [1.165, 1.54) is 33.0 Å². The van der Waals surface area contributed by atoms with Crippen LogP contribution in [0.1, 0.15) is 0 Å². The molecule has 0 radical (unpaired) electrons. The number of rotatable bonds is 7. The van der Waals surface area contributed by atoms with Crippen molar-refractivity contribution < 1.29 is 4.42 Å². The summed E-state index contributed by atoms with van der Waals surface area (Å²) < 4.78 is 6.92. The first-order valence-electron chi connectivity index (χ1n) is 18.4. The van der Waals surface area contributed by atoms with Crippen LogP contribution < -0.4 is 4.90 Å². The molecule has 9 aromatic carbocycles. The van der Waals surface area contributed by atoms with Crippen molar-refractivity contribution in [1.82, 2.24) is 0 Å². The predicted molar refractivity (Wildman–Crippen MR) is 228 cm³/mol. The fourth-order valence-electron chi connectivity index (χ4n) is 7.90. The number of anilines is 3. The van der Waals surface area contributed by atoms with Gasteiger partial charge in [0, 0.05) is 38.8 Å². The maximum Gasteiger partial charge on any atom is 0.143 e. The maximum absolute atomic E-state index is 6.92. The van der Waals surface area contributed by atoms with Crippen molar-refractivity contribution in [3.63, 3.8) is 0 Å². The third-order valence-corrected chi connectivity index (χ3v) is 10.5. The second-order valence-electron chi connectivity index (χ2n) is 13.7. The molecule has 0 atom stereocenters. The van der Waals surface area contributed by atoms with Crippen molar-refractivity contribution >= 4 is 49.8 Å². The molecule has 0 saturated carbocycles. The van der Waals surface area contributed by atoms with E-state index in [4.69, 9.17) is 4.42 Å². The van der Waals surface area contributed by atoms with Crippen LogP contribution in [0.25, 0.3) is 77.2 Å². The number of hydrogen-bond acceptors (Lipinski definition) is 2. The molecule has 1 aromatic heterocycles. The summed E-state index contributed by atoms with van der Waals surface area (Å²) in [6.07, 6.45) is 0. The van der Waals surface area contributed by atoms with Crippen LogP contribution in [0.15, 0.2) is 217 Å². The maximum atomic E-state index is 6.92. The second kappa shape index (κ2) is 13.4. The van der Waals surface area contributed by atoms with Gasteiger partial charge in [-0.25, -0.2) is 0 Å². The van der Waals surface area contributed by atoms with Crippen molar-refractivity contribution in [2.75, 3.05) is 4.90 Å². The summed E-state index contributed by atoms with van der Waals surface area (Å²) in [5.74, 6) is 0. The lowest BCUT2D eigenvalue weighted by molar-refractivity contribution is 0.671. The van der Waals surface area contributed by atoms with Crippen LogP contribution in [0, 0.1) is 0 Å². The zero-order valence-corrected chi connectivity index (χ0v) is 29.6. The van der Waals surface area contributed by atoms with E-state index in [0.29, 0.717) is 0 Å². The lowest BCUT2D eigenvalue weighted by Gasteiger charge is -2.28. The molecular formula is C52H35NO. The van der Waals surface area contributed by atoms with E-state index in [0.717, 1.165) is 61.3 Å². The highest BCUT2D eigenvalue weighted by Crippen LogP contribution is 2.46. The van der Waals surface area contributed by atoms with E-state index in [2.05, 4.69) is 217 Å². The Balaban J connectivity index is 1.14. The summed E-state index contributed by atoms with van der Waals surface area (Å²) in [6, 6.07) is 75.7. The molecule has 2 heteroatoms. The highest BCUT2D eigenvalue weighted by Gasteiger charge is 2.21. The standard InChI is InChI=1S/C52H35NO/c1-3-14-36(15-4-1)37-28-32-41(33-29-37)53(42-34-30-40(31-35-42)44-22-11-19-38-18-7-8-20-43(38)44)50-27-10-9-21-46(50)47-24-13-26-49-48-25-12-23-45(51(48)54-52(47)49)39-16-5-2-6-17-39/h1-35H. The summed E-state index contributed by atoms with van der Waals surface area (Å²) >= 11 is 0. The van der Waals surface area contributed by atoms with Crippen LogP contribution in [0.3, 0.4) is 0 Å². The molecule has 0 bridgehead atoms.